The number of methoxy groups -OCH3 is 1. The topological polar surface area (TPSA) is 47.0 Å². The van der Waals surface area contributed by atoms with E-state index in [4.69, 9.17) is 4.74 Å². The largest absolute Gasteiger partial charge is 0.481 e. The molecule has 2 atom stereocenters. The molecule has 0 amide bonds. The van der Waals surface area contributed by atoms with Gasteiger partial charge in [-0.1, -0.05) is 26.0 Å². The van der Waals surface area contributed by atoms with Gasteiger partial charge in [-0.3, -0.25) is 0 Å². The van der Waals surface area contributed by atoms with Crippen molar-refractivity contribution in [3.8, 4) is 5.88 Å². The smallest absolute Gasteiger partial charge is 0.212 e. The minimum absolute atomic E-state index is 0.392. The summed E-state index contributed by atoms with van der Waals surface area (Å²) < 4.78 is 5.10. The van der Waals surface area contributed by atoms with Crippen molar-refractivity contribution >= 4 is 5.82 Å². The van der Waals surface area contributed by atoms with Gasteiger partial charge in [0.15, 0.2) is 0 Å². The van der Waals surface area contributed by atoms with Crippen LogP contribution >= 0.6 is 0 Å². The average Bonchev–Trinajstić information content (AvgIpc) is 2.60. The van der Waals surface area contributed by atoms with E-state index in [1.807, 2.05) is 18.5 Å². The number of ether oxygens (including phenoxy) is 1. The Balaban J connectivity index is 1.81. The molecule has 4 heteroatoms. The van der Waals surface area contributed by atoms with Gasteiger partial charge in [0.2, 0.25) is 5.88 Å². The summed E-state index contributed by atoms with van der Waals surface area (Å²) in [5.74, 6) is 2.10. The van der Waals surface area contributed by atoms with Crippen LogP contribution in [0, 0.1) is 0 Å². The molecule has 23 heavy (non-hydrogen) atoms. The van der Waals surface area contributed by atoms with Crippen molar-refractivity contribution in [2.24, 2.45) is 0 Å². The predicted octanol–water partition coefficient (Wildman–Crippen LogP) is 4.43. The maximum Gasteiger partial charge on any atom is 0.212 e. The summed E-state index contributed by atoms with van der Waals surface area (Å²) in [5.41, 5.74) is 2.52. The molecule has 0 saturated heterocycles. The molecule has 2 aromatic rings. The maximum atomic E-state index is 5.10. The highest BCUT2D eigenvalue weighted by Gasteiger charge is 2.10. The standard InChI is InChI=1S/C19H27N3O/c1-5-16-8-10-18(20-12-16)22-15(3)7-6-14(2)17-9-11-19(23-4)21-13-17/h8-15H,5-7H2,1-4H3,(H,20,22). The highest BCUT2D eigenvalue weighted by atomic mass is 16.5. The van der Waals surface area contributed by atoms with Gasteiger partial charge in [0.1, 0.15) is 5.82 Å². The molecule has 4 nitrogen and oxygen atoms in total. The van der Waals surface area contributed by atoms with Gasteiger partial charge in [-0.25, -0.2) is 9.97 Å². The van der Waals surface area contributed by atoms with Crippen molar-refractivity contribution in [2.45, 2.75) is 52.0 Å². The third-order valence-electron chi connectivity index (χ3n) is 4.20. The molecule has 0 radical (unpaired) electrons. The normalized spacial score (nSPS) is 13.4. The first kappa shape index (κ1) is 17.3. The lowest BCUT2D eigenvalue weighted by molar-refractivity contribution is 0.397. The number of hydrogen-bond donors (Lipinski definition) is 1. The van der Waals surface area contributed by atoms with Crippen molar-refractivity contribution in [3.63, 3.8) is 0 Å². The Labute approximate surface area is 139 Å². The van der Waals surface area contributed by atoms with Crippen LogP contribution in [-0.2, 0) is 6.42 Å². The Kier molecular flexibility index (Phi) is 6.39. The number of aryl methyl sites for hydroxylation is 1. The van der Waals surface area contributed by atoms with Crippen LogP contribution in [0.2, 0.25) is 0 Å². The summed E-state index contributed by atoms with van der Waals surface area (Å²) in [4.78, 5) is 8.74. The molecular weight excluding hydrogens is 286 g/mol. The van der Waals surface area contributed by atoms with E-state index in [0.717, 1.165) is 25.1 Å². The van der Waals surface area contributed by atoms with Gasteiger partial charge in [0.05, 0.1) is 7.11 Å². The van der Waals surface area contributed by atoms with Crippen LogP contribution in [0.3, 0.4) is 0 Å². The second-order valence-electron chi connectivity index (χ2n) is 6.06. The molecule has 0 aliphatic rings. The van der Waals surface area contributed by atoms with Gasteiger partial charge in [0.25, 0.3) is 0 Å². The summed E-state index contributed by atoms with van der Waals surface area (Å²) in [6.45, 7) is 6.58. The van der Waals surface area contributed by atoms with E-state index >= 15 is 0 Å². The molecule has 2 heterocycles. The van der Waals surface area contributed by atoms with Crippen LogP contribution in [0.4, 0.5) is 5.82 Å². The van der Waals surface area contributed by atoms with Crippen molar-refractivity contribution < 1.29 is 4.74 Å². The number of pyridine rings is 2. The first-order valence-corrected chi connectivity index (χ1v) is 8.33. The maximum absolute atomic E-state index is 5.10. The Bertz CT molecular complexity index is 581. The molecule has 0 saturated carbocycles. The fourth-order valence-electron chi connectivity index (χ4n) is 2.51. The highest BCUT2D eigenvalue weighted by molar-refractivity contribution is 5.36. The van der Waals surface area contributed by atoms with Crippen LogP contribution in [-0.4, -0.2) is 23.1 Å². The minimum Gasteiger partial charge on any atom is -0.481 e. The van der Waals surface area contributed by atoms with Gasteiger partial charge in [-0.15, -0.1) is 0 Å². The molecule has 0 bridgehead atoms. The Morgan fingerprint density at radius 2 is 1.87 bits per heavy atom. The molecule has 2 rings (SSSR count). The Morgan fingerprint density at radius 3 is 2.43 bits per heavy atom. The van der Waals surface area contributed by atoms with E-state index in [0.29, 0.717) is 17.8 Å². The summed E-state index contributed by atoms with van der Waals surface area (Å²) in [6.07, 6.45) is 7.07. The monoisotopic (exact) mass is 313 g/mol. The van der Waals surface area contributed by atoms with Crippen LogP contribution in [0.15, 0.2) is 36.7 Å². The number of rotatable bonds is 8. The fourth-order valence-corrected chi connectivity index (χ4v) is 2.51. The third kappa shape index (κ3) is 5.23. The summed E-state index contributed by atoms with van der Waals surface area (Å²) >= 11 is 0. The van der Waals surface area contributed by atoms with Crippen LogP contribution in [0.5, 0.6) is 5.88 Å². The Morgan fingerprint density at radius 1 is 1.04 bits per heavy atom. The molecule has 2 unspecified atom stereocenters. The van der Waals surface area contributed by atoms with E-state index in [-0.39, 0.29) is 0 Å². The second-order valence-corrected chi connectivity index (χ2v) is 6.06. The van der Waals surface area contributed by atoms with E-state index in [1.165, 1.54) is 11.1 Å². The van der Waals surface area contributed by atoms with E-state index in [9.17, 15) is 0 Å². The molecular formula is C19H27N3O. The molecule has 124 valence electrons. The lowest BCUT2D eigenvalue weighted by Crippen LogP contribution is -2.16. The van der Waals surface area contributed by atoms with Crippen LogP contribution < -0.4 is 10.1 Å². The number of anilines is 1. The Hall–Kier alpha value is -2.10. The molecule has 0 aromatic carbocycles. The number of hydrogen-bond acceptors (Lipinski definition) is 4. The first-order valence-electron chi connectivity index (χ1n) is 8.33. The number of nitrogens with one attached hydrogen (secondary N) is 1. The predicted molar refractivity (Wildman–Crippen MR) is 95.1 cm³/mol. The van der Waals surface area contributed by atoms with Crippen molar-refractivity contribution in [1.82, 2.24) is 9.97 Å². The quantitative estimate of drug-likeness (QED) is 0.783. The molecule has 1 N–H and O–H groups in total. The van der Waals surface area contributed by atoms with Crippen molar-refractivity contribution in [3.05, 3.63) is 47.8 Å². The lowest BCUT2D eigenvalue weighted by Gasteiger charge is -2.18. The zero-order chi connectivity index (χ0) is 16.7. The van der Waals surface area contributed by atoms with Gasteiger partial charge >= 0.3 is 0 Å². The zero-order valence-electron chi connectivity index (χ0n) is 14.5. The van der Waals surface area contributed by atoms with Crippen molar-refractivity contribution in [1.29, 1.82) is 0 Å². The third-order valence-corrected chi connectivity index (χ3v) is 4.20. The van der Waals surface area contributed by atoms with Crippen LogP contribution in [0.25, 0.3) is 0 Å². The number of nitrogens with zero attached hydrogens (tertiary/aromatic N) is 2. The van der Waals surface area contributed by atoms with Gasteiger partial charge < -0.3 is 10.1 Å². The minimum atomic E-state index is 0.392. The summed E-state index contributed by atoms with van der Waals surface area (Å²) in [7, 11) is 1.64. The molecule has 2 aromatic heterocycles. The second kappa shape index (κ2) is 8.51. The first-order chi connectivity index (χ1) is 11.1. The van der Waals surface area contributed by atoms with Crippen molar-refractivity contribution in [2.75, 3.05) is 12.4 Å². The fraction of sp³-hybridized carbons (Fsp3) is 0.474. The van der Waals surface area contributed by atoms with E-state index in [2.05, 4.69) is 54.3 Å². The summed E-state index contributed by atoms with van der Waals surface area (Å²) in [6, 6.07) is 8.61. The molecule has 0 aliphatic carbocycles. The van der Waals surface area contributed by atoms with E-state index < -0.39 is 0 Å². The summed E-state index contributed by atoms with van der Waals surface area (Å²) in [5, 5.41) is 3.47. The average molecular weight is 313 g/mol. The van der Waals surface area contributed by atoms with Gasteiger partial charge in [0, 0.05) is 24.5 Å². The molecule has 0 fully saturated rings. The van der Waals surface area contributed by atoms with Gasteiger partial charge in [-0.05, 0) is 49.3 Å². The SMILES string of the molecule is CCc1ccc(NC(C)CCC(C)c2ccc(OC)nc2)nc1. The van der Waals surface area contributed by atoms with E-state index in [1.54, 1.807) is 7.11 Å². The number of aromatic nitrogens is 2. The highest BCUT2D eigenvalue weighted by Crippen LogP contribution is 2.22. The molecule has 0 aliphatic heterocycles. The zero-order valence-corrected chi connectivity index (χ0v) is 14.5. The lowest BCUT2D eigenvalue weighted by atomic mass is 9.96. The van der Waals surface area contributed by atoms with Gasteiger partial charge in [-0.2, -0.15) is 0 Å². The van der Waals surface area contributed by atoms with Crippen LogP contribution in [0.1, 0.15) is 50.7 Å². The molecule has 0 spiro atoms.